The summed E-state index contributed by atoms with van der Waals surface area (Å²) in [6, 6.07) is 10.3. The zero-order valence-electron chi connectivity index (χ0n) is 16.0. The molecule has 0 fully saturated rings. The highest BCUT2D eigenvalue weighted by atomic mass is 35.5. The Bertz CT molecular complexity index is 904. The zero-order chi connectivity index (χ0) is 21.1. The van der Waals surface area contributed by atoms with Crippen LogP contribution in [-0.4, -0.2) is 22.7 Å². The summed E-state index contributed by atoms with van der Waals surface area (Å²) in [6.45, 7) is 6.99. The largest absolute Gasteiger partial charge is 0.481 e. The molecule has 0 heterocycles. The standard InChI is InChI=1S/C20H21ClN2O5/c1-12(28-17-10-9-15(23(26)27)11-16(17)21)18(24)13-5-7-14(8-6-13)22-19(25)20(2,3)4/h5-12H,1-4H3,(H,22,25)/t12-/m1/s1. The molecule has 1 N–H and O–H groups in total. The van der Waals surface area contributed by atoms with Gasteiger partial charge in [-0.2, -0.15) is 0 Å². The monoisotopic (exact) mass is 404 g/mol. The van der Waals surface area contributed by atoms with Gasteiger partial charge in [-0.15, -0.1) is 0 Å². The fraction of sp³-hybridized carbons (Fsp3) is 0.300. The number of amides is 1. The maximum atomic E-state index is 12.6. The predicted molar refractivity (Wildman–Crippen MR) is 107 cm³/mol. The van der Waals surface area contributed by atoms with Crippen molar-refractivity contribution in [3.63, 3.8) is 0 Å². The van der Waals surface area contributed by atoms with Crippen LogP contribution in [0.2, 0.25) is 5.02 Å². The van der Waals surface area contributed by atoms with Crippen LogP contribution in [0.15, 0.2) is 42.5 Å². The number of nitrogens with one attached hydrogen (secondary N) is 1. The Labute approximate surface area is 167 Å². The minimum absolute atomic E-state index is 0.0501. The van der Waals surface area contributed by atoms with E-state index in [1.807, 2.05) is 20.8 Å². The van der Waals surface area contributed by atoms with Crippen LogP contribution in [0.4, 0.5) is 11.4 Å². The number of ketones is 1. The van der Waals surface area contributed by atoms with Crippen molar-refractivity contribution in [1.82, 2.24) is 0 Å². The molecular formula is C20H21ClN2O5. The maximum absolute atomic E-state index is 12.6. The van der Waals surface area contributed by atoms with Crippen molar-refractivity contribution in [1.29, 1.82) is 0 Å². The van der Waals surface area contributed by atoms with Crippen molar-refractivity contribution in [2.75, 3.05) is 5.32 Å². The SMILES string of the molecule is C[C@@H](Oc1ccc([N+](=O)[O-])cc1Cl)C(=O)c1ccc(NC(=O)C(C)(C)C)cc1. The molecule has 0 unspecified atom stereocenters. The van der Waals surface area contributed by atoms with Crippen molar-refractivity contribution in [3.8, 4) is 5.75 Å². The van der Waals surface area contributed by atoms with Crippen LogP contribution in [0, 0.1) is 15.5 Å². The molecule has 28 heavy (non-hydrogen) atoms. The molecule has 0 aliphatic carbocycles. The van der Waals surface area contributed by atoms with E-state index in [1.165, 1.54) is 18.2 Å². The number of nitro groups is 1. The van der Waals surface area contributed by atoms with Crippen LogP contribution in [0.25, 0.3) is 0 Å². The molecule has 2 rings (SSSR count). The van der Waals surface area contributed by atoms with E-state index in [9.17, 15) is 19.7 Å². The molecule has 1 amide bonds. The summed E-state index contributed by atoms with van der Waals surface area (Å²) in [5.41, 5.74) is 0.299. The Hall–Kier alpha value is -2.93. The Balaban J connectivity index is 2.07. The molecule has 148 valence electrons. The molecule has 0 spiro atoms. The lowest BCUT2D eigenvalue weighted by atomic mass is 9.95. The van der Waals surface area contributed by atoms with E-state index in [-0.39, 0.29) is 28.1 Å². The van der Waals surface area contributed by atoms with E-state index in [1.54, 1.807) is 31.2 Å². The third-order valence-corrected chi connectivity index (χ3v) is 4.20. The number of hydrogen-bond acceptors (Lipinski definition) is 5. The molecule has 0 bridgehead atoms. The minimum atomic E-state index is -0.853. The average Bonchev–Trinajstić information content (AvgIpc) is 2.62. The third-order valence-electron chi connectivity index (χ3n) is 3.91. The second-order valence-corrected chi connectivity index (χ2v) is 7.68. The maximum Gasteiger partial charge on any atom is 0.271 e. The number of nitrogens with zero attached hydrogens (tertiary/aromatic N) is 1. The van der Waals surface area contributed by atoms with E-state index < -0.39 is 16.4 Å². The number of nitro benzene ring substituents is 1. The predicted octanol–water partition coefficient (Wildman–Crippen LogP) is 4.88. The second kappa shape index (κ2) is 8.39. The van der Waals surface area contributed by atoms with E-state index in [2.05, 4.69) is 5.32 Å². The van der Waals surface area contributed by atoms with Crippen LogP contribution in [0.3, 0.4) is 0 Å². The lowest BCUT2D eigenvalue weighted by Crippen LogP contribution is -2.27. The number of carbonyl (C=O) groups is 2. The molecule has 8 heteroatoms. The molecule has 0 aromatic heterocycles. The first-order chi connectivity index (χ1) is 13.0. The van der Waals surface area contributed by atoms with E-state index in [4.69, 9.17) is 16.3 Å². The summed E-state index contributed by atoms with van der Waals surface area (Å²) in [7, 11) is 0. The lowest BCUT2D eigenvalue weighted by molar-refractivity contribution is -0.384. The van der Waals surface area contributed by atoms with Crippen LogP contribution in [0.1, 0.15) is 38.1 Å². The Morgan fingerprint density at radius 1 is 1.14 bits per heavy atom. The zero-order valence-corrected chi connectivity index (χ0v) is 16.7. The van der Waals surface area contributed by atoms with Crippen molar-refractivity contribution in [2.45, 2.75) is 33.8 Å². The van der Waals surface area contributed by atoms with Gasteiger partial charge >= 0.3 is 0 Å². The number of rotatable bonds is 6. The van der Waals surface area contributed by atoms with Gasteiger partial charge in [-0.05, 0) is 37.3 Å². The highest BCUT2D eigenvalue weighted by Crippen LogP contribution is 2.30. The smallest absolute Gasteiger partial charge is 0.271 e. The van der Waals surface area contributed by atoms with Gasteiger partial charge in [0.2, 0.25) is 11.7 Å². The number of Topliss-reactive ketones (excluding diaryl/α,β-unsaturated/α-hetero) is 1. The first-order valence-electron chi connectivity index (χ1n) is 8.55. The van der Waals surface area contributed by atoms with Gasteiger partial charge < -0.3 is 10.1 Å². The third kappa shape index (κ3) is 5.29. The van der Waals surface area contributed by atoms with Gasteiger partial charge in [-0.3, -0.25) is 19.7 Å². The van der Waals surface area contributed by atoms with Crippen LogP contribution in [0.5, 0.6) is 5.75 Å². The van der Waals surface area contributed by atoms with E-state index in [0.717, 1.165) is 0 Å². The van der Waals surface area contributed by atoms with Gasteiger partial charge in [0.05, 0.1) is 9.95 Å². The van der Waals surface area contributed by atoms with Gasteiger partial charge in [0, 0.05) is 28.8 Å². The molecular weight excluding hydrogens is 384 g/mol. The summed E-state index contributed by atoms with van der Waals surface area (Å²) in [4.78, 5) is 34.8. The van der Waals surface area contributed by atoms with Gasteiger partial charge in [0.25, 0.3) is 5.69 Å². The minimum Gasteiger partial charge on any atom is -0.481 e. The van der Waals surface area contributed by atoms with Gasteiger partial charge in [0.15, 0.2) is 6.10 Å². The number of anilines is 1. The molecule has 0 saturated carbocycles. The lowest BCUT2D eigenvalue weighted by Gasteiger charge is -2.18. The topological polar surface area (TPSA) is 98.5 Å². The number of hydrogen-bond donors (Lipinski definition) is 1. The first-order valence-corrected chi connectivity index (χ1v) is 8.93. The molecule has 0 radical (unpaired) electrons. The van der Waals surface area contributed by atoms with Crippen LogP contribution >= 0.6 is 11.6 Å². The van der Waals surface area contributed by atoms with Crippen molar-refractivity contribution >= 4 is 34.7 Å². The average molecular weight is 405 g/mol. The fourth-order valence-electron chi connectivity index (χ4n) is 2.21. The van der Waals surface area contributed by atoms with Gasteiger partial charge in [-0.1, -0.05) is 32.4 Å². The van der Waals surface area contributed by atoms with E-state index in [0.29, 0.717) is 11.3 Å². The summed E-state index contributed by atoms with van der Waals surface area (Å²) >= 11 is 5.99. The first kappa shape index (κ1) is 21.4. The molecule has 1 atom stereocenters. The van der Waals surface area contributed by atoms with Crippen molar-refractivity contribution in [3.05, 3.63) is 63.2 Å². The van der Waals surface area contributed by atoms with Crippen LogP contribution in [-0.2, 0) is 4.79 Å². The molecule has 0 aliphatic rings. The summed E-state index contributed by atoms with van der Waals surface area (Å²) in [5, 5.41) is 13.6. The number of halogens is 1. The Morgan fingerprint density at radius 3 is 2.25 bits per heavy atom. The van der Waals surface area contributed by atoms with Crippen molar-refractivity contribution < 1.29 is 19.2 Å². The quantitative estimate of drug-likeness (QED) is 0.420. The Kier molecular flexibility index (Phi) is 6.41. The van der Waals surface area contributed by atoms with Gasteiger partial charge in [0.1, 0.15) is 5.75 Å². The van der Waals surface area contributed by atoms with E-state index >= 15 is 0 Å². The highest BCUT2D eigenvalue weighted by Gasteiger charge is 2.22. The number of non-ortho nitro benzene ring substituents is 1. The molecule has 0 aliphatic heterocycles. The number of carbonyl (C=O) groups excluding carboxylic acids is 2. The van der Waals surface area contributed by atoms with Gasteiger partial charge in [-0.25, -0.2) is 0 Å². The number of ether oxygens (including phenoxy) is 1. The van der Waals surface area contributed by atoms with Crippen molar-refractivity contribution in [2.24, 2.45) is 5.41 Å². The highest BCUT2D eigenvalue weighted by molar-refractivity contribution is 6.32. The van der Waals surface area contributed by atoms with Crippen LogP contribution < -0.4 is 10.1 Å². The summed E-state index contributed by atoms with van der Waals surface area (Å²) in [6.07, 6.45) is -0.853. The molecule has 2 aromatic carbocycles. The molecule has 0 saturated heterocycles. The summed E-state index contributed by atoms with van der Waals surface area (Å²) < 4.78 is 5.56. The molecule has 7 nitrogen and oxygen atoms in total. The summed E-state index contributed by atoms with van der Waals surface area (Å²) in [5.74, 6) is -0.235. The number of benzene rings is 2. The molecule has 2 aromatic rings. The second-order valence-electron chi connectivity index (χ2n) is 7.28. The normalized spacial score (nSPS) is 12.2. The Morgan fingerprint density at radius 2 is 1.75 bits per heavy atom. The fourth-order valence-corrected chi connectivity index (χ4v) is 2.43.